The lowest BCUT2D eigenvalue weighted by molar-refractivity contribution is -0.130. The fraction of sp³-hybridized carbons (Fsp3) is 0.857. The first-order valence-corrected chi connectivity index (χ1v) is 7.29. The molecule has 1 unspecified atom stereocenters. The van der Waals surface area contributed by atoms with Crippen LogP contribution in [0.25, 0.3) is 0 Å². The summed E-state index contributed by atoms with van der Waals surface area (Å²) in [7, 11) is 1.73. The van der Waals surface area contributed by atoms with Crippen LogP contribution in [-0.2, 0) is 4.79 Å². The molecule has 1 atom stereocenters. The van der Waals surface area contributed by atoms with Crippen LogP contribution in [0.4, 0.5) is 0 Å². The molecule has 1 aliphatic rings. The van der Waals surface area contributed by atoms with Gasteiger partial charge in [0.2, 0.25) is 5.91 Å². The molecule has 1 aliphatic heterocycles. The Kier molecular flexibility index (Phi) is 9.96. The molecule has 1 amide bonds. The highest BCUT2D eigenvalue weighted by molar-refractivity contribution is 14.0. The van der Waals surface area contributed by atoms with Crippen LogP contribution in [0.15, 0.2) is 4.99 Å². The number of carbonyl (C=O) groups excluding carboxylic acids is 1. The molecular weight excluding hydrogens is 367 g/mol. The molecule has 0 aromatic heterocycles. The third-order valence-corrected chi connectivity index (χ3v) is 3.70. The van der Waals surface area contributed by atoms with Crippen molar-refractivity contribution >= 4 is 35.8 Å². The van der Waals surface area contributed by atoms with Crippen molar-refractivity contribution in [3.8, 4) is 0 Å². The van der Waals surface area contributed by atoms with Crippen LogP contribution in [0.3, 0.4) is 0 Å². The Morgan fingerprint density at radius 2 is 1.80 bits per heavy atom. The van der Waals surface area contributed by atoms with Gasteiger partial charge in [0.1, 0.15) is 0 Å². The van der Waals surface area contributed by atoms with E-state index in [1.54, 1.807) is 7.05 Å². The number of carbonyl (C=O) groups is 1. The van der Waals surface area contributed by atoms with Crippen molar-refractivity contribution in [3.63, 3.8) is 0 Å². The quantitative estimate of drug-likeness (QED) is 0.433. The van der Waals surface area contributed by atoms with Crippen LogP contribution in [0, 0.1) is 5.92 Å². The standard InChI is InChI=1S/C14H28N4O.HI/c1-11(2)12(3)17-14(15-4)16-10-13(19)18-8-6-5-7-9-18;/h11-12H,5-10H2,1-4H3,(H2,15,16,17);1H. The van der Waals surface area contributed by atoms with E-state index in [4.69, 9.17) is 0 Å². The zero-order valence-corrected chi connectivity index (χ0v) is 15.4. The maximum absolute atomic E-state index is 12.0. The smallest absolute Gasteiger partial charge is 0.241 e. The lowest BCUT2D eigenvalue weighted by atomic mass is 10.1. The van der Waals surface area contributed by atoms with E-state index in [-0.39, 0.29) is 29.9 Å². The predicted molar refractivity (Wildman–Crippen MR) is 94.6 cm³/mol. The number of halogens is 1. The van der Waals surface area contributed by atoms with E-state index in [0.717, 1.165) is 25.9 Å². The summed E-state index contributed by atoms with van der Waals surface area (Å²) in [6.45, 7) is 8.55. The van der Waals surface area contributed by atoms with Gasteiger partial charge >= 0.3 is 0 Å². The topological polar surface area (TPSA) is 56.7 Å². The van der Waals surface area contributed by atoms with E-state index in [0.29, 0.717) is 24.5 Å². The summed E-state index contributed by atoms with van der Waals surface area (Å²) in [5.41, 5.74) is 0. The van der Waals surface area contributed by atoms with Crippen LogP contribution in [0.5, 0.6) is 0 Å². The van der Waals surface area contributed by atoms with E-state index >= 15 is 0 Å². The summed E-state index contributed by atoms with van der Waals surface area (Å²) in [5, 5.41) is 6.39. The van der Waals surface area contributed by atoms with Crippen LogP contribution in [0.1, 0.15) is 40.0 Å². The number of aliphatic imine (C=N–C) groups is 1. The van der Waals surface area contributed by atoms with Crippen molar-refractivity contribution in [2.24, 2.45) is 10.9 Å². The average Bonchev–Trinajstić information content (AvgIpc) is 2.43. The van der Waals surface area contributed by atoms with Crippen LogP contribution < -0.4 is 10.6 Å². The van der Waals surface area contributed by atoms with Gasteiger partial charge in [-0.25, -0.2) is 0 Å². The first kappa shape index (κ1) is 19.5. The Morgan fingerprint density at radius 1 is 1.20 bits per heavy atom. The van der Waals surface area contributed by atoms with Gasteiger partial charge < -0.3 is 15.5 Å². The van der Waals surface area contributed by atoms with E-state index in [1.807, 2.05) is 4.90 Å². The number of rotatable bonds is 4. The van der Waals surface area contributed by atoms with Gasteiger partial charge in [-0.1, -0.05) is 13.8 Å². The van der Waals surface area contributed by atoms with Gasteiger partial charge in [0.05, 0.1) is 6.54 Å². The van der Waals surface area contributed by atoms with Crippen LogP contribution in [-0.4, -0.2) is 49.5 Å². The Bertz CT molecular complexity index is 314. The highest BCUT2D eigenvalue weighted by Gasteiger charge is 2.17. The van der Waals surface area contributed by atoms with Gasteiger partial charge in [-0.3, -0.25) is 9.79 Å². The maximum atomic E-state index is 12.0. The first-order chi connectivity index (χ1) is 9.04. The van der Waals surface area contributed by atoms with E-state index in [1.165, 1.54) is 6.42 Å². The molecular formula is C14H29IN4O. The van der Waals surface area contributed by atoms with E-state index in [9.17, 15) is 4.79 Å². The second-order valence-electron chi connectivity index (χ2n) is 5.54. The van der Waals surface area contributed by atoms with Crippen LogP contribution in [0.2, 0.25) is 0 Å². The third-order valence-electron chi connectivity index (χ3n) is 3.70. The van der Waals surface area contributed by atoms with Crippen molar-refractivity contribution in [3.05, 3.63) is 0 Å². The molecule has 1 heterocycles. The van der Waals surface area contributed by atoms with Crippen molar-refractivity contribution in [2.75, 3.05) is 26.7 Å². The molecule has 20 heavy (non-hydrogen) atoms. The Morgan fingerprint density at radius 3 is 2.30 bits per heavy atom. The SMILES string of the molecule is CN=C(NCC(=O)N1CCCCC1)NC(C)C(C)C.I. The molecule has 0 spiro atoms. The monoisotopic (exact) mass is 396 g/mol. The minimum absolute atomic E-state index is 0. The zero-order valence-electron chi connectivity index (χ0n) is 13.1. The minimum atomic E-state index is 0. The number of hydrogen-bond acceptors (Lipinski definition) is 2. The predicted octanol–water partition coefficient (Wildman–Crippen LogP) is 1.83. The number of nitrogens with one attached hydrogen (secondary N) is 2. The Balaban J connectivity index is 0.00000361. The summed E-state index contributed by atoms with van der Waals surface area (Å²) in [6, 6.07) is 0.330. The van der Waals surface area contributed by atoms with Crippen LogP contribution >= 0.6 is 24.0 Å². The lowest BCUT2D eigenvalue weighted by Crippen LogP contribution is -2.48. The number of nitrogens with zero attached hydrogens (tertiary/aromatic N) is 2. The molecule has 0 aromatic carbocycles. The van der Waals surface area contributed by atoms with Crippen molar-refractivity contribution in [1.82, 2.24) is 15.5 Å². The largest absolute Gasteiger partial charge is 0.354 e. The maximum Gasteiger partial charge on any atom is 0.241 e. The molecule has 118 valence electrons. The second kappa shape index (κ2) is 10.2. The molecule has 0 aliphatic carbocycles. The molecule has 0 aromatic rings. The van der Waals surface area contributed by atoms with Gasteiger partial charge in [-0.05, 0) is 32.1 Å². The molecule has 1 rings (SSSR count). The first-order valence-electron chi connectivity index (χ1n) is 7.29. The van der Waals surface area contributed by atoms with Gasteiger partial charge in [0, 0.05) is 26.2 Å². The van der Waals surface area contributed by atoms with Crippen molar-refractivity contribution < 1.29 is 4.79 Å². The van der Waals surface area contributed by atoms with E-state index in [2.05, 4.69) is 36.4 Å². The summed E-state index contributed by atoms with van der Waals surface area (Å²) < 4.78 is 0. The fourth-order valence-electron chi connectivity index (χ4n) is 1.99. The van der Waals surface area contributed by atoms with Crippen molar-refractivity contribution in [1.29, 1.82) is 0 Å². The van der Waals surface area contributed by atoms with E-state index < -0.39 is 0 Å². The van der Waals surface area contributed by atoms with Crippen molar-refractivity contribution in [2.45, 2.75) is 46.1 Å². The van der Waals surface area contributed by atoms with Gasteiger partial charge in [-0.15, -0.1) is 24.0 Å². The molecule has 0 bridgehead atoms. The third kappa shape index (κ3) is 6.76. The Labute approximate surface area is 140 Å². The second-order valence-corrected chi connectivity index (χ2v) is 5.54. The van der Waals surface area contributed by atoms with Gasteiger partial charge in [-0.2, -0.15) is 0 Å². The molecule has 1 fully saturated rings. The number of amides is 1. The molecule has 6 heteroatoms. The molecule has 2 N–H and O–H groups in total. The minimum Gasteiger partial charge on any atom is -0.354 e. The molecule has 1 saturated heterocycles. The summed E-state index contributed by atoms with van der Waals surface area (Å²) in [4.78, 5) is 18.1. The molecule has 0 saturated carbocycles. The summed E-state index contributed by atoms with van der Waals surface area (Å²) in [5.74, 6) is 1.39. The van der Waals surface area contributed by atoms with Gasteiger partial charge in [0.25, 0.3) is 0 Å². The van der Waals surface area contributed by atoms with Gasteiger partial charge in [0.15, 0.2) is 5.96 Å². The lowest BCUT2D eigenvalue weighted by Gasteiger charge is -2.27. The molecule has 0 radical (unpaired) electrons. The number of guanidine groups is 1. The Hall–Kier alpha value is -0.530. The summed E-state index contributed by atoms with van der Waals surface area (Å²) in [6.07, 6.45) is 3.50. The fourth-order valence-corrected chi connectivity index (χ4v) is 1.99. The normalized spacial score (nSPS) is 17.4. The highest BCUT2D eigenvalue weighted by atomic mass is 127. The summed E-state index contributed by atoms with van der Waals surface area (Å²) >= 11 is 0. The zero-order chi connectivity index (χ0) is 14.3. The highest BCUT2D eigenvalue weighted by Crippen LogP contribution is 2.08. The number of piperidine rings is 1. The average molecular weight is 396 g/mol. The number of likely N-dealkylation sites (tertiary alicyclic amines) is 1. The molecule has 5 nitrogen and oxygen atoms in total. The number of hydrogen-bond donors (Lipinski definition) is 2.